The van der Waals surface area contributed by atoms with E-state index in [1.807, 2.05) is 66.7 Å². The smallest absolute Gasteiger partial charge is 0.137 e. The van der Waals surface area contributed by atoms with E-state index in [1.165, 1.54) is 0 Å². The van der Waals surface area contributed by atoms with Crippen molar-refractivity contribution in [3.8, 4) is 22.6 Å². The third-order valence-electron chi connectivity index (χ3n) is 3.20. The number of anilines is 1. The van der Waals surface area contributed by atoms with Crippen molar-refractivity contribution in [2.45, 2.75) is 0 Å². The molecular formula is C18H16N2O. The van der Waals surface area contributed by atoms with Gasteiger partial charge >= 0.3 is 0 Å². The highest BCUT2D eigenvalue weighted by Crippen LogP contribution is 2.35. The molecule has 0 amide bonds. The molecular weight excluding hydrogens is 260 g/mol. The fourth-order valence-corrected chi connectivity index (χ4v) is 2.17. The third kappa shape index (κ3) is 3.04. The number of nitrogen functional groups attached to an aromatic ring is 1. The van der Waals surface area contributed by atoms with Crippen molar-refractivity contribution in [1.29, 1.82) is 0 Å². The van der Waals surface area contributed by atoms with Crippen LogP contribution in [0, 0.1) is 0 Å². The highest BCUT2D eigenvalue weighted by atomic mass is 16.5. The van der Waals surface area contributed by atoms with Gasteiger partial charge in [-0.25, -0.2) is 0 Å². The Morgan fingerprint density at radius 3 is 2.10 bits per heavy atom. The first-order valence-corrected chi connectivity index (χ1v) is 6.76. The molecule has 104 valence electrons. The topological polar surface area (TPSA) is 47.3 Å². The number of hydrogen-bond donors (Lipinski definition) is 2. The van der Waals surface area contributed by atoms with E-state index < -0.39 is 0 Å². The summed E-state index contributed by atoms with van der Waals surface area (Å²) in [6.45, 7) is 0. The van der Waals surface area contributed by atoms with Gasteiger partial charge in [0, 0.05) is 11.6 Å². The molecule has 3 aromatic rings. The van der Waals surface area contributed by atoms with E-state index >= 15 is 0 Å². The highest BCUT2D eigenvalue weighted by molar-refractivity contribution is 5.73. The number of hydrogen-bond acceptors (Lipinski definition) is 3. The van der Waals surface area contributed by atoms with E-state index in [4.69, 9.17) is 10.6 Å². The van der Waals surface area contributed by atoms with Crippen LogP contribution in [0.5, 0.6) is 11.5 Å². The molecule has 3 N–H and O–H groups in total. The van der Waals surface area contributed by atoms with Crippen LogP contribution in [0.3, 0.4) is 0 Å². The van der Waals surface area contributed by atoms with Crippen LogP contribution in [0.15, 0.2) is 78.9 Å². The zero-order valence-electron chi connectivity index (χ0n) is 11.5. The number of nitrogens with two attached hydrogens (primary N) is 1. The van der Waals surface area contributed by atoms with Gasteiger partial charge < -0.3 is 10.2 Å². The van der Waals surface area contributed by atoms with Crippen LogP contribution in [-0.4, -0.2) is 0 Å². The van der Waals surface area contributed by atoms with Crippen molar-refractivity contribution in [3.63, 3.8) is 0 Å². The molecule has 0 bridgehead atoms. The van der Waals surface area contributed by atoms with Gasteiger partial charge in [0.25, 0.3) is 0 Å². The number of ether oxygens (including phenoxy) is 1. The van der Waals surface area contributed by atoms with Crippen LogP contribution < -0.4 is 16.0 Å². The van der Waals surface area contributed by atoms with Crippen molar-refractivity contribution >= 4 is 5.69 Å². The lowest BCUT2D eigenvalue weighted by molar-refractivity contribution is 0.484. The molecule has 3 heteroatoms. The van der Waals surface area contributed by atoms with E-state index in [0.29, 0.717) is 0 Å². The largest absolute Gasteiger partial charge is 0.457 e. The maximum Gasteiger partial charge on any atom is 0.137 e. The number of benzene rings is 3. The summed E-state index contributed by atoms with van der Waals surface area (Å²) in [6.07, 6.45) is 0. The molecule has 0 aliphatic carbocycles. The Morgan fingerprint density at radius 2 is 1.43 bits per heavy atom. The molecule has 0 heterocycles. The molecule has 0 fully saturated rings. The second-order valence-electron chi connectivity index (χ2n) is 4.64. The Labute approximate surface area is 124 Å². The average Bonchev–Trinajstić information content (AvgIpc) is 2.56. The monoisotopic (exact) mass is 276 g/mol. The lowest BCUT2D eigenvalue weighted by Gasteiger charge is -2.13. The van der Waals surface area contributed by atoms with Crippen LogP contribution in [0.2, 0.25) is 0 Å². The number of nitrogens with one attached hydrogen (secondary N) is 1. The lowest BCUT2D eigenvalue weighted by atomic mass is 10.0. The second kappa shape index (κ2) is 6.11. The quantitative estimate of drug-likeness (QED) is 0.547. The molecule has 0 aromatic heterocycles. The Hall–Kier alpha value is -2.78. The Balaban J connectivity index is 2.04. The molecule has 0 aliphatic heterocycles. The van der Waals surface area contributed by atoms with Crippen molar-refractivity contribution in [2.75, 3.05) is 5.43 Å². The summed E-state index contributed by atoms with van der Waals surface area (Å²) >= 11 is 0. The molecule has 0 unspecified atom stereocenters. The first-order chi connectivity index (χ1) is 10.4. The summed E-state index contributed by atoms with van der Waals surface area (Å²) in [5, 5.41) is 0. The Bertz CT molecular complexity index is 712. The van der Waals surface area contributed by atoms with E-state index in [2.05, 4.69) is 17.6 Å². The molecule has 0 atom stereocenters. The molecule has 0 radical (unpaired) electrons. The van der Waals surface area contributed by atoms with E-state index in [0.717, 1.165) is 28.3 Å². The minimum atomic E-state index is 0.767. The van der Waals surface area contributed by atoms with Gasteiger partial charge in [-0.15, -0.1) is 0 Å². The van der Waals surface area contributed by atoms with Crippen LogP contribution >= 0.6 is 0 Å². The van der Waals surface area contributed by atoms with Crippen LogP contribution in [0.4, 0.5) is 5.69 Å². The third-order valence-corrected chi connectivity index (χ3v) is 3.20. The normalized spacial score (nSPS) is 10.1. The highest BCUT2D eigenvalue weighted by Gasteiger charge is 2.08. The van der Waals surface area contributed by atoms with Gasteiger partial charge in [0.1, 0.15) is 11.5 Å². The number of rotatable bonds is 4. The number of hydrazine groups is 1. The van der Waals surface area contributed by atoms with E-state index in [1.54, 1.807) is 0 Å². The summed E-state index contributed by atoms with van der Waals surface area (Å²) in [5.74, 6) is 7.06. The van der Waals surface area contributed by atoms with Gasteiger partial charge in [-0.05, 0) is 29.8 Å². The standard InChI is InChI=1S/C18H16N2O/c19-20-15-11-12-17(14-7-3-1-4-8-14)18(13-15)21-16-9-5-2-6-10-16/h1-13,20H,19H2. The number of para-hydroxylation sites is 1. The van der Waals surface area contributed by atoms with Gasteiger partial charge in [-0.1, -0.05) is 48.5 Å². The summed E-state index contributed by atoms with van der Waals surface area (Å²) in [5.41, 5.74) is 5.59. The summed E-state index contributed by atoms with van der Waals surface area (Å²) in [4.78, 5) is 0. The van der Waals surface area contributed by atoms with Gasteiger partial charge in [-0.2, -0.15) is 0 Å². The summed E-state index contributed by atoms with van der Waals surface area (Å²) in [7, 11) is 0. The molecule has 3 aromatic carbocycles. The van der Waals surface area contributed by atoms with Crippen LogP contribution in [-0.2, 0) is 0 Å². The predicted molar refractivity (Wildman–Crippen MR) is 86.2 cm³/mol. The molecule has 0 saturated heterocycles. The molecule has 0 aliphatic rings. The zero-order chi connectivity index (χ0) is 14.5. The van der Waals surface area contributed by atoms with Crippen molar-refractivity contribution in [1.82, 2.24) is 0 Å². The summed E-state index contributed by atoms with van der Waals surface area (Å²) in [6, 6.07) is 25.7. The zero-order valence-corrected chi connectivity index (χ0v) is 11.5. The molecule has 21 heavy (non-hydrogen) atoms. The van der Waals surface area contributed by atoms with Gasteiger partial charge in [0.2, 0.25) is 0 Å². The van der Waals surface area contributed by atoms with Gasteiger partial charge in [0.15, 0.2) is 0 Å². The fraction of sp³-hybridized carbons (Fsp3) is 0. The van der Waals surface area contributed by atoms with Crippen LogP contribution in [0.1, 0.15) is 0 Å². The Morgan fingerprint density at radius 1 is 0.762 bits per heavy atom. The minimum Gasteiger partial charge on any atom is -0.457 e. The fourth-order valence-electron chi connectivity index (χ4n) is 2.17. The van der Waals surface area contributed by atoms with Gasteiger partial charge in [-0.3, -0.25) is 5.84 Å². The maximum atomic E-state index is 6.01. The molecule has 0 saturated carbocycles. The van der Waals surface area contributed by atoms with E-state index in [9.17, 15) is 0 Å². The summed E-state index contributed by atoms with van der Waals surface area (Å²) < 4.78 is 6.01. The van der Waals surface area contributed by atoms with Crippen molar-refractivity contribution < 1.29 is 4.74 Å². The van der Waals surface area contributed by atoms with Crippen molar-refractivity contribution in [2.24, 2.45) is 5.84 Å². The maximum absolute atomic E-state index is 6.01. The average molecular weight is 276 g/mol. The van der Waals surface area contributed by atoms with E-state index in [-0.39, 0.29) is 0 Å². The molecule has 3 nitrogen and oxygen atoms in total. The molecule has 0 spiro atoms. The second-order valence-corrected chi connectivity index (χ2v) is 4.64. The predicted octanol–water partition coefficient (Wildman–Crippen LogP) is 4.43. The molecule has 3 rings (SSSR count). The van der Waals surface area contributed by atoms with Crippen molar-refractivity contribution in [3.05, 3.63) is 78.9 Å². The first kappa shape index (κ1) is 13.2. The Kier molecular flexibility index (Phi) is 3.85. The first-order valence-electron chi connectivity index (χ1n) is 6.76. The van der Waals surface area contributed by atoms with Crippen LogP contribution in [0.25, 0.3) is 11.1 Å². The lowest BCUT2D eigenvalue weighted by Crippen LogP contribution is -2.06. The minimum absolute atomic E-state index is 0.767. The van der Waals surface area contributed by atoms with Gasteiger partial charge in [0.05, 0.1) is 5.69 Å². The SMILES string of the molecule is NNc1ccc(-c2ccccc2)c(Oc2ccccc2)c1.